The molecule has 0 saturated carbocycles. The van der Waals surface area contributed by atoms with Gasteiger partial charge in [-0.2, -0.15) is 0 Å². The third-order valence-electron chi connectivity index (χ3n) is 6.80. The lowest BCUT2D eigenvalue weighted by Gasteiger charge is -2.13. The van der Waals surface area contributed by atoms with E-state index in [1.807, 2.05) is 109 Å². The Bertz CT molecular complexity index is 1790. The van der Waals surface area contributed by atoms with Gasteiger partial charge in [-0.3, -0.25) is 4.99 Å². The van der Waals surface area contributed by atoms with Gasteiger partial charge in [-0.05, 0) is 89.9 Å². The van der Waals surface area contributed by atoms with E-state index in [4.69, 9.17) is 24.4 Å². The van der Waals surface area contributed by atoms with Gasteiger partial charge in [0.1, 0.15) is 11.5 Å². The monoisotopic (exact) mass is 664 g/mol. The highest BCUT2D eigenvalue weighted by Crippen LogP contribution is 2.44. The van der Waals surface area contributed by atoms with E-state index in [1.165, 1.54) is 0 Å². The molecule has 0 spiro atoms. The molecule has 0 saturated heterocycles. The summed E-state index contributed by atoms with van der Waals surface area (Å²) in [6.07, 6.45) is 0. The van der Waals surface area contributed by atoms with Crippen molar-refractivity contribution in [1.29, 1.82) is 0 Å². The number of benzene rings is 4. The lowest BCUT2D eigenvalue weighted by molar-refractivity contribution is 0.414. The van der Waals surface area contributed by atoms with Crippen molar-refractivity contribution >= 4 is 54.8 Å². The maximum absolute atomic E-state index is 5.40. The van der Waals surface area contributed by atoms with E-state index in [-0.39, 0.29) is 0 Å². The molecule has 0 atom stereocenters. The van der Waals surface area contributed by atoms with E-state index in [1.54, 1.807) is 14.2 Å². The second kappa shape index (κ2) is 11.7. The molecule has 1 aliphatic rings. The molecule has 41 heavy (non-hydrogen) atoms. The number of aromatic nitrogens is 1. The molecule has 1 aromatic heterocycles. The summed E-state index contributed by atoms with van der Waals surface area (Å²) in [7, 11) is 3.32. The Balaban J connectivity index is 1.57. The van der Waals surface area contributed by atoms with Crippen molar-refractivity contribution in [3.8, 4) is 33.9 Å². The van der Waals surface area contributed by atoms with E-state index in [0.717, 1.165) is 65.3 Å². The van der Waals surface area contributed by atoms with Crippen LogP contribution in [0.3, 0.4) is 0 Å². The van der Waals surface area contributed by atoms with Crippen molar-refractivity contribution in [2.24, 2.45) is 9.98 Å². The highest BCUT2D eigenvalue weighted by molar-refractivity contribution is 9.12. The molecule has 5 aromatic rings. The smallest absolute Gasteiger partial charge is 0.118 e. The summed E-state index contributed by atoms with van der Waals surface area (Å²) in [5.41, 5.74) is 7.31. The highest BCUT2D eigenvalue weighted by atomic mass is 79.9. The molecule has 6 rings (SSSR count). The first-order valence-electron chi connectivity index (χ1n) is 12.9. The normalized spacial score (nSPS) is 14.0. The van der Waals surface area contributed by atoms with Gasteiger partial charge in [-0.1, -0.05) is 84.9 Å². The number of allylic oxidation sites excluding steroid dienone is 1. The lowest BCUT2D eigenvalue weighted by Crippen LogP contribution is -1.97. The average molecular weight is 666 g/mol. The van der Waals surface area contributed by atoms with Crippen LogP contribution in [0.5, 0.6) is 11.5 Å². The minimum Gasteiger partial charge on any atom is -0.497 e. The van der Waals surface area contributed by atoms with E-state index in [2.05, 4.69) is 31.9 Å². The highest BCUT2D eigenvalue weighted by Gasteiger charge is 2.24. The molecule has 0 radical (unpaired) electrons. The lowest BCUT2D eigenvalue weighted by atomic mass is 10.0. The van der Waals surface area contributed by atoms with Crippen molar-refractivity contribution in [1.82, 2.24) is 4.98 Å². The number of halogens is 2. The number of hydrogen-bond donors (Lipinski definition) is 0. The summed E-state index contributed by atoms with van der Waals surface area (Å²) >= 11 is 7.73. The number of ether oxygens (including phenoxy) is 2. The first kappa shape index (κ1) is 27.0. The van der Waals surface area contributed by atoms with Crippen molar-refractivity contribution in [3.63, 3.8) is 0 Å². The molecule has 0 bridgehead atoms. The minimum atomic E-state index is 0.570. The topological polar surface area (TPSA) is 57.3 Å². The van der Waals surface area contributed by atoms with Gasteiger partial charge in [-0.15, -0.1) is 0 Å². The van der Waals surface area contributed by atoms with E-state index in [0.29, 0.717) is 11.7 Å². The fourth-order valence-electron chi connectivity index (χ4n) is 4.72. The maximum atomic E-state index is 5.40. The van der Waals surface area contributed by atoms with Crippen LogP contribution in [0, 0.1) is 0 Å². The van der Waals surface area contributed by atoms with Crippen LogP contribution in [0.15, 0.2) is 128 Å². The summed E-state index contributed by atoms with van der Waals surface area (Å²) in [4.78, 5) is 15.2. The quantitative estimate of drug-likeness (QED) is 0.174. The fourth-order valence-corrected chi connectivity index (χ4v) is 6.17. The molecule has 1 aliphatic heterocycles. The fraction of sp³-hybridized carbons (Fsp3) is 0.0588. The Kier molecular flexibility index (Phi) is 7.72. The molecule has 0 N–H and O–H groups in total. The Morgan fingerprint density at radius 3 is 1.73 bits per heavy atom. The summed E-state index contributed by atoms with van der Waals surface area (Å²) in [6.45, 7) is 0. The zero-order valence-corrected chi connectivity index (χ0v) is 25.5. The van der Waals surface area contributed by atoms with Crippen LogP contribution in [0.1, 0.15) is 11.1 Å². The maximum Gasteiger partial charge on any atom is 0.118 e. The van der Waals surface area contributed by atoms with Gasteiger partial charge >= 0.3 is 0 Å². The molecule has 5 nitrogen and oxygen atoms in total. The molecule has 0 fully saturated rings. The third-order valence-corrected chi connectivity index (χ3v) is 8.35. The van der Waals surface area contributed by atoms with Gasteiger partial charge in [0.25, 0.3) is 0 Å². The van der Waals surface area contributed by atoms with Gasteiger partial charge in [0.15, 0.2) is 0 Å². The van der Waals surface area contributed by atoms with Crippen molar-refractivity contribution in [3.05, 3.63) is 129 Å². The van der Waals surface area contributed by atoms with Crippen LogP contribution in [0.4, 0.5) is 5.82 Å². The standard InChI is InChI=1S/C34H24Br2N3O2/c1-40-25-17-13-21(14-18-25)27-29(35)31(23-9-5-3-6-10-23)37-33(27)39-34-28(22-15-19-26(41-2)20-16-22)30(36)32(38-34)24-11-7-4-8-12-24/h3-20H,1-2H3/q-1/b39-33-. The van der Waals surface area contributed by atoms with E-state index in [9.17, 15) is 0 Å². The first-order valence-corrected chi connectivity index (χ1v) is 14.5. The number of nitrogens with zero attached hydrogens (tertiary/aromatic N) is 3. The van der Waals surface area contributed by atoms with Gasteiger partial charge in [0.05, 0.1) is 30.2 Å². The summed E-state index contributed by atoms with van der Waals surface area (Å²) in [6, 6.07) is 36.0. The Morgan fingerprint density at radius 2 is 1.17 bits per heavy atom. The zero-order valence-electron chi connectivity index (χ0n) is 22.3. The zero-order chi connectivity index (χ0) is 28.3. The van der Waals surface area contributed by atoms with Crippen LogP contribution in [-0.2, 0) is 0 Å². The van der Waals surface area contributed by atoms with Crippen molar-refractivity contribution in [2.75, 3.05) is 14.2 Å². The average Bonchev–Trinajstić information content (AvgIpc) is 3.53. The molecule has 0 aliphatic carbocycles. The van der Waals surface area contributed by atoms with Gasteiger partial charge < -0.3 is 19.5 Å². The van der Waals surface area contributed by atoms with Gasteiger partial charge in [0, 0.05) is 15.6 Å². The predicted molar refractivity (Wildman–Crippen MR) is 174 cm³/mol. The molecule has 0 amide bonds. The summed E-state index contributed by atoms with van der Waals surface area (Å²) < 4.78 is 12.5. The molecular formula is C34H24Br2N3O2-. The van der Waals surface area contributed by atoms with E-state index < -0.39 is 0 Å². The largest absolute Gasteiger partial charge is 0.497 e. The van der Waals surface area contributed by atoms with Crippen molar-refractivity contribution in [2.45, 2.75) is 0 Å². The van der Waals surface area contributed by atoms with Crippen LogP contribution in [0.25, 0.3) is 28.0 Å². The number of rotatable bonds is 7. The number of hydrogen-bond acceptors (Lipinski definition) is 3. The van der Waals surface area contributed by atoms with Crippen LogP contribution in [0.2, 0.25) is 0 Å². The second-order valence-electron chi connectivity index (χ2n) is 9.25. The van der Waals surface area contributed by atoms with Crippen LogP contribution in [-0.4, -0.2) is 25.8 Å². The Labute approximate surface area is 255 Å². The molecule has 7 heteroatoms. The number of aliphatic imine (C=N–C) groups is 2. The second-order valence-corrected chi connectivity index (χ2v) is 10.8. The molecule has 0 unspecified atom stereocenters. The third kappa shape index (κ3) is 5.31. The summed E-state index contributed by atoms with van der Waals surface area (Å²) in [5.74, 6) is 2.70. The summed E-state index contributed by atoms with van der Waals surface area (Å²) in [5, 5.41) is 0. The minimum absolute atomic E-state index is 0.570. The Morgan fingerprint density at radius 1 is 0.634 bits per heavy atom. The van der Waals surface area contributed by atoms with Gasteiger partial charge in [0.2, 0.25) is 0 Å². The molecule has 4 aromatic carbocycles. The predicted octanol–water partition coefficient (Wildman–Crippen LogP) is 9.10. The number of amidine groups is 1. The first-order chi connectivity index (χ1) is 20.1. The Hall–Kier alpha value is -4.20. The molecule has 2 heterocycles. The van der Waals surface area contributed by atoms with Gasteiger partial charge in [-0.25, -0.2) is 0 Å². The van der Waals surface area contributed by atoms with Crippen molar-refractivity contribution < 1.29 is 9.47 Å². The molecule has 202 valence electrons. The van der Waals surface area contributed by atoms with Crippen LogP contribution >= 0.6 is 31.9 Å². The molecular weight excluding hydrogens is 642 g/mol. The van der Waals surface area contributed by atoms with Crippen LogP contribution < -0.4 is 14.5 Å². The number of methoxy groups -OCH3 is 2. The van der Waals surface area contributed by atoms with E-state index >= 15 is 0 Å². The SMILES string of the molecule is COc1ccc(C2=C(Br)C(c3ccccc3)=N/C2=N\c2[n-]c(-c3ccccc3)c(Br)c2-c2ccc(OC)cc2)cc1.